The van der Waals surface area contributed by atoms with E-state index in [1.165, 1.54) is 12.1 Å². The normalized spacial score (nSPS) is 14.7. The maximum Gasteiger partial charge on any atom is 0.416 e. The predicted octanol–water partition coefficient (Wildman–Crippen LogP) is 4.11. The van der Waals surface area contributed by atoms with Crippen LogP contribution in [-0.4, -0.2) is 18.0 Å². The van der Waals surface area contributed by atoms with Gasteiger partial charge < -0.3 is 14.8 Å². The highest BCUT2D eigenvalue weighted by atomic mass is 19.4. The molecule has 0 radical (unpaired) electrons. The maximum absolute atomic E-state index is 12.6. The molecule has 23 heavy (non-hydrogen) atoms. The summed E-state index contributed by atoms with van der Waals surface area (Å²) < 4.78 is 42.9. The number of rotatable bonds is 4. The first-order chi connectivity index (χ1) is 10.4. The van der Waals surface area contributed by atoms with E-state index in [-0.39, 0.29) is 0 Å². The van der Waals surface area contributed by atoms with Crippen LogP contribution in [0, 0.1) is 5.92 Å². The number of carbonyl (C=O) groups is 2. The smallest absolute Gasteiger partial charge is 0.416 e. The number of carbonyl (C=O) groups excluding carboxylic acids is 2. The molecule has 0 aliphatic rings. The lowest BCUT2D eigenvalue weighted by Crippen LogP contribution is -2.37. The third-order valence-electron chi connectivity index (χ3n) is 3.01. The minimum absolute atomic E-state index is 0.392. The van der Waals surface area contributed by atoms with Crippen LogP contribution < -0.4 is 5.32 Å². The van der Waals surface area contributed by atoms with Crippen molar-refractivity contribution in [3.05, 3.63) is 35.4 Å². The van der Waals surface area contributed by atoms with Crippen molar-refractivity contribution in [1.82, 2.24) is 5.32 Å². The Balaban J connectivity index is 2.99. The summed E-state index contributed by atoms with van der Waals surface area (Å²) in [6.45, 7) is 6.61. The largest absolute Gasteiger partial charge is 0.444 e. The molecule has 0 bridgehead atoms. The third kappa shape index (κ3) is 5.92. The summed E-state index contributed by atoms with van der Waals surface area (Å²) in [4.78, 5) is 22.9. The first-order valence-corrected chi connectivity index (χ1v) is 7.06. The molecule has 2 atom stereocenters. The molecule has 0 saturated carbocycles. The van der Waals surface area contributed by atoms with Gasteiger partial charge in [0.25, 0.3) is 0 Å². The van der Waals surface area contributed by atoms with Crippen molar-refractivity contribution in [1.29, 1.82) is 0 Å². The van der Waals surface area contributed by atoms with Crippen molar-refractivity contribution >= 4 is 12.4 Å². The zero-order valence-corrected chi connectivity index (χ0v) is 13.4. The van der Waals surface area contributed by atoms with Crippen molar-refractivity contribution in [2.45, 2.75) is 45.5 Å². The van der Waals surface area contributed by atoms with Gasteiger partial charge in [0, 0.05) is 5.92 Å². The number of hydrogen-bond acceptors (Lipinski definition) is 3. The van der Waals surface area contributed by atoms with Gasteiger partial charge in [-0.1, -0.05) is 19.1 Å². The fourth-order valence-corrected chi connectivity index (χ4v) is 1.91. The molecular formula is C16H20F3NO3. The molecule has 0 spiro atoms. The van der Waals surface area contributed by atoms with E-state index in [1.54, 1.807) is 27.7 Å². The second-order valence-corrected chi connectivity index (χ2v) is 6.24. The van der Waals surface area contributed by atoms with E-state index >= 15 is 0 Å². The summed E-state index contributed by atoms with van der Waals surface area (Å²) >= 11 is 0. The van der Waals surface area contributed by atoms with Gasteiger partial charge in [-0.2, -0.15) is 13.2 Å². The molecule has 7 heteroatoms. The molecule has 1 amide bonds. The molecular weight excluding hydrogens is 311 g/mol. The Hall–Kier alpha value is -2.05. The molecule has 0 unspecified atom stereocenters. The quantitative estimate of drug-likeness (QED) is 0.845. The molecule has 0 heterocycles. The molecule has 0 aliphatic heterocycles. The Morgan fingerprint density at radius 2 is 1.70 bits per heavy atom. The van der Waals surface area contributed by atoms with Gasteiger partial charge in [-0.05, 0) is 38.5 Å². The van der Waals surface area contributed by atoms with Gasteiger partial charge in [0.2, 0.25) is 0 Å². The molecule has 4 nitrogen and oxygen atoms in total. The summed E-state index contributed by atoms with van der Waals surface area (Å²) in [5.41, 5.74) is -1.13. The SMILES string of the molecule is C[C@H](C=O)[C@H](NC(=O)OC(C)(C)C)c1ccc(C(F)(F)F)cc1. The van der Waals surface area contributed by atoms with Gasteiger partial charge in [0.15, 0.2) is 0 Å². The average molecular weight is 331 g/mol. The Kier molecular flexibility index (Phi) is 5.80. The molecule has 1 N–H and O–H groups in total. The number of halogens is 3. The summed E-state index contributed by atoms with van der Waals surface area (Å²) in [6.07, 6.45) is -4.56. The lowest BCUT2D eigenvalue weighted by Gasteiger charge is -2.25. The monoisotopic (exact) mass is 331 g/mol. The third-order valence-corrected chi connectivity index (χ3v) is 3.01. The zero-order valence-electron chi connectivity index (χ0n) is 13.4. The van der Waals surface area contributed by atoms with Gasteiger partial charge in [-0.25, -0.2) is 4.79 Å². The van der Waals surface area contributed by atoms with E-state index in [1.807, 2.05) is 0 Å². The van der Waals surface area contributed by atoms with Gasteiger partial charge in [-0.3, -0.25) is 0 Å². The van der Waals surface area contributed by atoms with Crippen LogP contribution in [0.25, 0.3) is 0 Å². The Bertz CT molecular complexity index is 547. The lowest BCUT2D eigenvalue weighted by molar-refractivity contribution is -0.137. The highest BCUT2D eigenvalue weighted by Crippen LogP contribution is 2.31. The second-order valence-electron chi connectivity index (χ2n) is 6.24. The van der Waals surface area contributed by atoms with Crippen molar-refractivity contribution in [2.75, 3.05) is 0 Å². The summed E-state index contributed by atoms with van der Waals surface area (Å²) in [5, 5.41) is 2.53. The van der Waals surface area contributed by atoms with Gasteiger partial charge in [0.1, 0.15) is 11.9 Å². The number of benzene rings is 1. The predicted molar refractivity (Wildman–Crippen MR) is 78.8 cm³/mol. The zero-order chi connectivity index (χ0) is 17.8. The molecule has 0 saturated heterocycles. The van der Waals surface area contributed by atoms with Crippen LogP contribution in [0.5, 0.6) is 0 Å². The average Bonchev–Trinajstić information content (AvgIpc) is 2.41. The fourth-order valence-electron chi connectivity index (χ4n) is 1.91. The highest BCUT2D eigenvalue weighted by molar-refractivity contribution is 5.69. The number of hydrogen-bond donors (Lipinski definition) is 1. The number of nitrogens with one attached hydrogen (secondary N) is 1. The van der Waals surface area contributed by atoms with E-state index in [0.717, 1.165) is 12.1 Å². The summed E-state index contributed by atoms with van der Waals surface area (Å²) in [7, 11) is 0. The number of alkyl carbamates (subject to hydrolysis) is 1. The highest BCUT2D eigenvalue weighted by Gasteiger charge is 2.31. The first-order valence-electron chi connectivity index (χ1n) is 7.06. The number of amides is 1. The topological polar surface area (TPSA) is 55.4 Å². The Morgan fingerprint density at radius 3 is 2.09 bits per heavy atom. The fraction of sp³-hybridized carbons (Fsp3) is 0.500. The first kappa shape index (κ1) is 19.0. The van der Waals surface area contributed by atoms with Crippen molar-refractivity contribution in [2.24, 2.45) is 5.92 Å². The van der Waals surface area contributed by atoms with E-state index in [2.05, 4.69) is 5.32 Å². The molecule has 0 aliphatic carbocycles. The van der Waals surface area contributed by atoms with Crippen LogP contribution in [0.2, 0.25) is 0 Å². The van der Waals surface area contributed by atoms with E-state index in [4.69, 9.17) is 4.74 Å². The van der Waals surface area contributed by atoms with E-state index < -0.39 is 35.4 Å². The number of ether oxygens (including phenoxy) is 1. The number of aldehydes is 1. The van der Waals surface area contributed by atoms with E-state index in [0.29, 0.717) is 11.8 Å². The van der Waals surface area contributed by atoms with Crippen LogP contribution in [0.3, 0.4) is 0 Å². The van der Waals surface area contributed by atoms with Crippen molar-refractivity contribution in [3.63, 3.8) is 0 Å². The minimum Gasteiger partial charge on any atom is -0.444 e. The van der Waals surface area contributed by atoms with Crippen LogP contribution in [0.4, 0.5) is 18.0 Å². The van der Waals surface area contributed by atoms with Crippen LogP contribution >= 0.6 is 0 Å². The molecule has 0 fully saturated rings. The molecule has 128 valence electrons. The van der Waals surface area contributed by atoms with Gasteiger partial charge in [0.05, 0.1) is 11.6 Å². The van der Waals surface area contributed by atoms with Gasteiger partial charge >= 0.3 is 12.3 Å². The van der Waals surface area contributed by atoms with Crippen LogP contribution in [-0.2, 0) is 15.7 Å². The second kappa shape index (κ2) is 7.02. The van der Waals surface area contributed by atoms with Crippen molar-refractivity contribution in [3.8, 4) is 0 Å². The van der Waals surface area contributed by atoms with Crippen LogP contribution in [0.15, 0.2) is 24.3 Å². The number of alkyl halides is 3. The maximum atomic E-state index is 12.6. The Labute approximate surface area is 133 Å². The summed E-state index contributed by atoms with van der Waals surface area (Å²) in [5.74, 6) is -0.626. The van der Waals surface area contributed by atoms with Crippen molar-refractivity contribution < 1.29 is 27.5 Å². The minimum atomic E-state index is -4.44. The van der Waals surface area contributed by atoms with E-state index in [9.17, 15) is 22.8 Å². The molecule has 1 aromatic rings. The molecule has 1 rings (SSSR count). The lowest BCUT2D eigenvalue weighted by atomic mass is 9.95. The standard InChI is InChI=1S/C16H20F3NO3/c1-10(9-21)13(20-14(22)23-15(2,3)4)11-5-7-12(8-6-11)16(17,18)19/h5-10,13H,1-4H3,(H,20,22)/t10-,13+/m1/s1. The molecule has 1 aromatic carbocycles. The summed E-state index contributed by atoms with van der Waals surface area (Å²) in [6, 6.07) is 3.54. The van der Waals surface area contributed by atoms with Gasteiger partial charge in [-0.15, -0.1) is 0 Å². The van der Waals surface area contributed by atoms with Crippen LogP contribution in [0.1, 0.15) is 44.9 Å². The molecule has 0 aromatic heterocycles. The Morgan fingerprint density at radius 1 is 1.17 bits per heavy atom.